The number of phenolic OH excluding ortho intramolecular Hbond substituents is 2. The minimum Gasteiger partial charge on any atom is -0.508 e. The third-order valence-corrected chi connectivity index (χ3v) is 13.4. The Hall–Kier alpha value is -7.78. The zero-order valence-corrected chi connectivity index (χ0v) is 46.6. The van der Waals surface area contributed by atoms with Crippen molar-refractivity contribution in [1.29, 1.82) is 0 Å². The molecule has 440 valence electrons. The number of aromatic hydroxyl groups is 2. The molecular weight excluding hydrogens is 1060 g/mol. The number of carbonyl (C=O) groups is 10. The molecule has 1 aromatic heterocycles. The Morgan fingerprint density at radius 3 is 1.71 bits per heavy atom. The molecule has 9 amide bonds. The van der Waals surface area contributed by atoms with Gasteiger partial charge in [0.2, 0.25) is 53.2 Å². The molecule has 0 fully saturated rings. The van der Waals surface area contributed by atoms with E-state index in [9.17, 15) is 63.3 Å². The van der Waals surface area contributed by atoms with Gasteiger partial charge in [0, 0.05) is 24.7 Å². The van der Waals surface area contributed by atoms with Crippen molar-refractivity contribution in [3.05, 3.63) is 77.9 Å². The number of benzene rings is 2. The number of hydrogen-bond donors (Lipinski definition) is 15. The van der Waals surface area contributed by atoms with Gasteiger partial charge in [-0.3, -0.25) is 43.2 Å². The number of carboxylic acid groups (broad SMARTS) is 1. The average molecular weight is 1140 g/mol. The van der Waals surface area contributed by atoms with Crippen LogP contribution in [-0.2, 0) is 67.2 Å². The van der Waals surface area contributed by atoms with E-state index in [0.29, 0.717) is 41.8 Å². The number of imidazole rings is 1. The van der Waals surface area contributed by atoms with Crippen LogP contribution >= 0.6 is 11.8 Å². The van der Waals surface area contributed by atoms with Crippen molar-refractivity contribution >= 4 is 70.9 Å². The van der Waals surface area contributed by atoms with Crippen LogP contribution in [-0.4, -0.2) is 158 Å². The van der Waals surface area contributed by atoms with Gasteiger partial charge in [0.15, 0.2) is 0 Å². The lowest BCUT2D eigenvalue weighted by molar-refractivity contribution is -0.142. The van der Waals surface area contributed by atoms with Crippen LogP contribution in [0.15, 0.2) is 61.1 Å². The quantitative estimate of drug-likeness (QED) is 0.0298. The Labute approximate surface area is 468 Å². The van der Waals surface area contributed by atoms with E-state index < -0.39 is 126 Å². The van der Waals surface area contributed by atoms with Crippen LogP contribution in [0.3, 0.4) is 0 Å². The van der Waals surface area contributed by atoms with Gasteiger partial charge in [-0.1, -0.05) is 58.4 Å². The number of carbonyl (C=O) groups excluding carboxylic acids is 9. The van der Waals surface area contributed by atoms with Crippen LogP contribution in [0.5, 0.6) is 11.5 Å². The van der Waals surface area contributed by atoms with Gasteiger partial charge >= 0.3 is 5.97 Å². The third kappa shape index (κ3) is 23.7. The standard InChI is InChI=1S/C53H79N13O13S/c1-6-30(4)45(66-46(71)36(55)22-31-10-14-34(67)15-11-31)52(77)65-40(23-32-12-16-35(68)17-13-32)49(74)62-39(21-29(2)3)47(72)58-27-44(70)60-37(18-20-80-5)48(73)63-41(24-33-26-57-28-59-33)50(75)64-42(25-43(56)69)51(76)61-38(53(78)79)9-7-8-19-54/h10-17,26,28-30,36-42,45,67-68H,6-9,18-25,27,54-55H2,1-5H3,(H2,56,69)(H,57,59)(H,58,72)(H,60,70)(H,61,76)(H,62,74)(H,63,73)(H,64,75)(H,65,77)(H,66,71)(H,78,79)/t30-,36-,37-,38-,39-,40-,41-,42-,45-/m0/s1. The summed E-state index contributed by atoms with van der Waals surface area (Å²) in [4.78, 5) is 141. The summed E-state index contributed by atoms with van der Waals surface area (Å²) in [5.74, 6) is -9.28. The smallest absolute Gasteiger partial charge is 0.326 e. The summed E-state index contributed by atoms with van der Waals surface area (Å²) in [6.45, 7) is 6.75. The zero-order valence-electron chi connectivity index (χ0n) is 45.8. The highest BCUT2D eigenvalue weighted by Crippen LogP contribution is 2.16. The molecule has 3 rings (SSSR count). The molecule has 1 heterocycles. The SMILES string of the molecule is CC[C@H](C)[C@H](NC(=O)[C@@H](N)Cc1ccc(O)cc1)C(=O)N[C@@H](Cc1ccc(O)cc1)C(=O)N[C@@H](CC(C)C)C(=O)NCC(=O)N[C@@H](CCSC)C(=O)N[C@@H](Cc1cnc[nH]1)C(=O)N[C@@H](CC(N)=O)C(=O)N[C@@H](CCCCN)C(=O)O. The van der Waals surface area contributed by atoms with Gasteiger partial charge in [0.1, 0.15) is 53.8 Å². The lowest BCUT2D eigenvalue weighted by atomic mass is 9.96. The number of aromatic amines is 1. The predicted octanol–water partition coefficient (Wildman–Crippen LogP) is -1.38. The second-order valence-corrected chi connectivity index (χ2v) is 20.8. The molecule has 18 N–H and O–H groups in total. The molecule has 0 bridgehead atoms. The first kappa shape index (κ1) is 66.5. The van der Waals surface area contributed by atoms with Gasteiger partial charge < -0.3 is 80.0 Å². The molecule has 0 radical (unpaired) electrons. The van der Waals surface area contributed by atoms with E-state index in [1.54, 1.807) is 51.3 Å². The van der Waals surface area contributed by atoms with E-state index in [-0.39, 0.29) is 62.5 Å². The molecule has 0 saturated carbocycles. The van der Waals surface area contributed by atoms with E-state index in [1.807, 2.05) is 6.92 Å². The number of hydrogen-bond acceptors (Lipinski definition) is 16. The van der Waals surface area contributed by atoms with Crippen molar-refractivity contribution in [3.8, 4) is 11.5 Å². The number of thioether (sulfide) groups is 1. The van der Waals surface area contributed by atoms with Crippen molar-refractivity contribution < 1.29 is 63.3 Å². The van der Waals surface area contributed by atoms with Crippen molar-refractivity contribution in [1.82, 2.24) is 52.5 Å². The van der Waals surface area contributed by atoms with Crippen LogP contribution in [0.2, 0.25) is 0 Å². The van der Waals surface area contributed by atoms with Crippen molar-refractivity contribution in [2.75, 3.05) is 25.1 Å². The summed E-state index contributed by atoms with van der Waals surface area (Å²) in [6, 6.07) is 1.40. The number of H-pyrrole nitrogens is 1. The summed E-state index contributed by atoms with van der Waals surface area (Å²) >= 11 is 1.34. The first-order valence-corrected chi connectivity index (χ1v) is 27.7. The number of amides is 9. The number of nitrogens with zero attached hydrogens (tertiary/aromatic N) is 1. The second-order valence-electron chi connectivity index (χ2n) is 19.8. The normalized spacial score (nSPS) is 14.5. The molecule has 0 aliphatic rings. The number of carboxylic acids is 1. The van der Waals surface area contributed by atoms with Gasteiger partial charge in [0.05, 0.1) is 25.3 Å². The monoisotopic (exact) mass is 1140 g/mol. The molecular formula is C53H79N13O13S. The van der Waals surface area contributed by atoms with E-state index in [1.165, 1.54) is 48.6 Å². The molecule has 0 aliphatic carbocycles. The number of aliphatic carboxylic acids is 1. The first-order valence-electron chi connectivity index (χ1n) is 26.3. The maximum absolute atomic E-state index is 14.3. The number of primary amides is 1. The molecule has 26 nitrogen and oxygen atoms in total. The van der Waals surface area contributed by atoms with Crippen LogP contribution in [0.4, 0.5) is 0 Å². The van der Waals surface area contributed by atoms with Gasteiger partial charge in [-0.2, -0.15) is 11.8 Å². The van der Waals surface area contributed by atoms with E-state index >= 15 is 0 Å². The van der Waals surface area contributed by atoms with Crippen LogP contribution in [0.25, 0.3) is 0 Å². The maximum Gasteiger partial charge on any atom is 0.326 e. The third-order valence-electron chi connectivity index (χ3n) is 12.8. The molecule has 3 aromatic rings. The first-order chi connectivity index (χ1) is 37.9. The molecule has 0 saturated heterocycles. The Morgan fingerprint density at radius 2 is 1.18 bits per heavy atom. The molecule has 0 unspecified atom stereocenters. The summed E-state index contributed by atoms with van der Waals surface area (Å²) in [7, 11) is 0. The Kier molecular flexibility index (Phi) is 28.5. The average Bonchev–Trinajstić information content (AvgIpc) is 3.93. The van der Waals surface area contributed by atoms with Crippen LogP contribution in [0, 0.1) is 11.8 Å². The van der Waals surface area contributed by atoms with E-state index in [2.05, 4.69) is 52.5 Å². The molecule has 0 aliphatic heterocycles. The maximum atomic E-state index is 14.3. The fourth-order valence-electron chi connectivity index (χ4n) is 8.10. The molecule has 2 aromatic carbocycles. The molecule has 9 atom stereocenters. The highest BCUT2D eigenvalue weighted by molar-refractivity contribution is 7.98. The number of rotatable bonds is 36. The fourth-order valence-corrected chi connectivity index (χ4v) is 8.57. The van der Waals surface area contributed by atoms with Crippen molar-refractivity contribution in [2.45, 2.75) is 140 Å². The van der Waals surface area contributed by atoms with Gasteiger partial charge in [-0.25, -0.2) is 9.78 Å². The number of unbranched alkanes of at least 4 members (excludes halogenated alkanes) is 1. The number of nitrogens with one attached hydrogen (secondary N) is 9. The summed E-state index contributed by atoms with van der Waals surface area (Å²) in [5, 5.41) is 49.9. The topological polar surface area (TPSA) is 434 Å². The lowest BCUT2D eigenvalue weighted by Gasteiger charge is -2.28. The largest absolute Gasteiger partial charge is 0.508 e. The molecule has 27 heteroatoms. The van der Waals surface area contributed by atoms with Crippen molar-refractivity contribution in [3.63, 3.8) is 0 Å². The van der Waals surface area contributed by atoms with Gasteiger partial charge in [0.25, 0.3) is 0 Å². The Balaban J connectivity index is 1.80. The summed E-state index contributed by atoms with van der Waals surface area (Å²) in [6.07, 6.45) is 4.86. The Morgan fingerprint density at radius 1 is 0.637 bits per heavy atom. The predicted molar refractivity (Wildman–Crippen MR) is 297 cm³/mol. The van der Waals surface area contributed by atoms with E-state index in [4.69, 9.17) is 17.2 Å². The zero-order chi connectivity index (χ0) is 59.5. The minimum atomic E-state index is -1.66. The van der Waals surface area contributed by atoms with Crippen molar-refractivity contribution in [2.24, 2.45) is 29.0 Å². The Bertz CT molecular complexity index is 2520. The summed E-state index contributed by atoms with van der Waals surface area (Å²) < 4.78 is 0. The van der Waals surface area contributed by atoms with Gasteiger partial charge in [-0.05, 0) is 104 Å². The van der Waals surface area contributed by atoms with Gasteiger partial charge in [-0.15, -0.1) is 0 Å². The second kappa shape index (κ2) is 34.3. The minimum absolute atomic E-state index is 0.00671. The van der Waals surface area contributed by atoms with Crippen LogP contribution < -0.4 is 59.7 Å². The number of aromatic nitrogens is 2. The lowest BCUT2D eigenvalue weighted by Crippen LogP contribution is -2.60. The highest BCUT2D eigenvalue weighted by atomic mass is 32.2. The summed E-state index contributed by atoms with van der Waals surface area (Å²) in [5.41, 5.74) is 18.7. The molecule has 0 spiro atoms. The number of phenols is 2. The van der Waals surface area contributed by atoms with E-state index in [0.717, 1.165) is 0 Å². The fraction of sp³-hybridized carbons (Fsp3) is 0.528. The highest BCUT2D eigenvalue weighted by Gasteiger charge is 2.35. The number of nitrogens with two attached hydrogens (primary N) is 3. The molecule has 80 heavy (non-hydrogen) atoms. The van der Waals surface area contributed by atoms with Crippen LogP contribution in [0.1, 0.15) is 89.5 Å².